The molecule has 0 aliphatic carbocycles. The second kappa shape index (κ2) is 9.88. The van der Waals surface area contributed by atoms with Crippen LogP contribution in [0, 0.1) is 5.82 Å². The Kier molecular flexibility index (Phi) is 5.93. The van der Waals surface area contributed by atoms with Crippen molar-refractivity contribution in [1.29, 1.82) is 0 Å². The van der Waals surface area contributed by atoms with Gasteiger partial charge in [0.25, 0.3) is 0 Å². The monoisotopic (exact) mass is 520 g/mol. The van der Waals surface area contributed by atoms with Crippen LogP contribution in [0.1, 0.15) is 12.8 Å². The molecule has 0 radical (unpaired) electrons. The van der Waals surface area contributed by atoms with Gasteiger partial charge in [0.05, 0.1) is 11.0 Å². The van der Waals surface area contributed by atoms with Gasteiger partial charge in [-0.2, -0.15) is 5.10 Å². The number of hydrogen-bond donors (Lipinski definition) is 2. The van der Waals surface area contributed by atoms with Crippen molar-refractivity contribution in [2.45, 2.75) is 12.8 Å². The minimum Gasteiger partial charge on any atom is -0.492 e. The fraction of sp³-hybridized carbons (Fsp3) is 0.207. The van der Waals surface area contributed by atoms with Crippen molar-refractivity contribution in [2.24, 2.45) is 0 Å². The molecule has 9 nitrogen and oxygen atoms in total. The van der Waals surface area contributed by atoms with Gasteiger partial charge < -0.3 is 9.72 Å². The number of ether oxygens (including phenoxy) is 1. The zero-order valence-electron chi connectivity index (χ0n) is 21.1. The summed E-state index contributed by atoms with van der Waals surface area (Å²) in [6.45, 7) is 3.56. The number of aromatic amines is 2. The lowest BCUT2D eigenvalue weighted by atomic mass is 10.1. The number of halogens is 1. The van der Waals surface area contributed by atoms with Crippen LogP contribution in [0.15, 0.2) is 67.4 Å². The molecule has 0 bridgehead atoms. The van der Waals surface area contributed by atoms with Gasteiger partial charge in [-0.15, -0.1) is 0 Å². The first-order valence-electron chi connectivity index (χ1n) is 13.0. The van der Waals surface area contributed by atoms with E-state index in [1.165, 1.54) is 31.3 Å². The molecule has 0 saturated carbocycles. The van der Waals surface area contributed by atoms with Crippen LogP contribution in [0.4, 0.5) is 4.39 Å². The maximum Gasteiger partial charge on any atom is 0.178 e. The Morgan fingerprint density at radius 1 is 0.949 bits per heavy atom. The first-order valence-corrected chi connectivity index (χ1v) is 13.0. The molecule has 10 heteroatoms. The highest BCUT2D eigenvalue weighted by molar-refractivity contribution is 5.97. The number of H-pyrrole nitrogens is 2. The van der Waals surface area contributed by atoms with E-state index in [4.69, 9.17) is 9.72 Å². The summed E-state index contributed by atoms with van der Waals surface area (Å²) in [5.74, 6) is 0.713. The van der Waals surface area contributed by atoms with E-state index in [9.17, 15) is 4.39 Å². The molecule has 0 atom stereocenters. The summed E-state index contributed by atoms with van der Waals surface area (Å²) >= 11 is 0. The standard InChI is InChI=1S/C29H25FN8O/c30-21-11-19(12-22(14-21)39-10-9-38-7-1-2-8-38)23-5-6-33-28-26(23)34-29(35-28)27-24-13-18(3-4-25(24)36-37-27)20-15-31-17-32-16-20/h3-6,11-17H,1-2,7-10H2,(H,36,37)(H,33,34,35). The van der Waals surface area contributed by atoms with Crippen LogP contribution < -0.4 is 4.74 Å². The second-order valence-electron chi connectivity index (χ2n) is 9.68. The van der Waals surface area contributed by atoms with E-state index in [0.717, 1.165) is 47.2 Å². The molecule has 1 aliphatic heterocycles. The lowest BCUT2D eigenvalue weighted by Gasteiger charge is -2.15. The third kappa shape index (κ3) is 4.59. The van der Waals surface area contributed by atoms with Gasteiger partial charge in [0, 0.05) is 47.7 Å². The van der Waals surface area contributed by atoms with Gasteiger partial charge in [-0.05, 0) is 67.4 Å². The minimum absolute atomic E-state index is 0.357. The lowest BCUT2D eigenvalue weighted by molar-refractivity contribution is 0.237. The second-order valence-corrected chi connectivity index (χ2v) is 9.68. The van der Waals surface area contributed by atoms with Crippen LogP contribution in [0.25, 0.3) is 55.8 Å². The number of nitrogens with one attached hydrogen (secondary N) is 2. The first kappa shape index (κ1) is 23.4. The number of hydrogen-bond acceptors (Lipinski definition) is 7. The predicted octanol–water partition coefficient (Wildman–Crippen LogP) is 5.24. The topological polar surface area (TPSA) is 108 Å². The van der Waals surface area contributed by atoms with E-state index >= 15 is 0 Å². The predicted molar refractivity (Wildman–Crippen MR) is 147 cm³/mol. The van der Waals surface area contributed by atoms with Gasteiger partial charge in [0.15, 0.2) is 11.5 Å². The molecule has 0 spiro atoms. The van der Waals surface area contributed by atoms with E-state index in [-0.39, 0.29) is 5.82 Å². The number of benzene rings is 2. The Labute approximate surface area is 223 Å². The molecule has 2 aromatic carbocycles. The van der Waals surface area contributed by atoms with Crippen molar-refractivity contribution < 1.29 is 9.13 Å². The van der Waals surface area contributed by atoms with E-state index in [1.807, 2.05) is 30.3 Å². The zero-order valence-corrected chi connectivity index (χ0v) is 21.1. The Hall–Kier alpha value is -4.70. The Bertz CT molecular complexity index is 1780. The molecular formula is C29H25FN8O. The number of rotatable bonds is 7. The van der Waals surface area contributed by atoms with Gasteiger partial charge in [-0.25, -0.2) is 24.3 Å². The molecule has 6 aromatic rings. The van der Waals surface area contributed by atoms with Crippen LogP contribution in [0.2, 0.25) is 0 Å². The Balaban J connectivity index is 1.23. The van der Waals surface area contributed by atoms with E-state index in [1.54, 1.807) is 18.6 Å². The van der Waals surface area contributed by atoms with Crippen molar-refractivity contribution in [2.75, 3.05) is 26.2 Å². The summed E-state index contributed by atoms with van der Waals surface area (Å²) in [4.78, 5) is 23.2. The molecule has 7 rings (SSSR count). The van der Waals surface area contributed by atoms with Crippen molar-refractivity contribution in [3.8, 4) is 39.5 Å². The summed E-state index contributed by atoms with van der Waals surface area (Å²) in [6.07, 6.45) is 9.18. The maximum atomic E-state index is 14.7. The molecule has 0 unspecified atom stereocenters. The third-order valence-electron chi connectivity index (χ3n) is 7.13. The average Bonchev–Trinajstić information content (AvgIpc) is 3.72. The van der Waals surface area contributed by atoms with Crippen molar-refractivity contribution in [1.82, 2.24) is 40.0 Å². The van der Waals surface area contributed by atoms with E-state index in [2.05, 4.69) is 35.0 Å². The summed E-state index contributed by atoms with van der Waals surface area (Å²) < 4.78 is 20.6. The molecule has 2 N–H and O–H groups in total. The number of likely N-dealkylation sites (tertiary alicyclic amines) is 1. The number of pyridine rings is 1. The number of imidazole rings is 1. The SMILES string of the molecule is Fc1cc(OCCN2CCCC2)cc(-c2ccnc3nc(-c4n[nH]c5ccc(-c6cncnc6)cc45)[nH]c23)c1. The zero-order chi connectivity index (χ0) is 26.2. The summed E-state index contributed by atoms with van der Waals surface area (Å²) in [5, 5.41) is 8.51. The molecule has 1 fully saturated rings. The van der Waals surface area contributed by atoms with E-state index in [0.29, 0.717) is 40.6 Å². The van der Waals surface area contributed by atoms with Crippen molar-refractivity contribution in [3.63, 3.8) is 0 Å². The number of aromatic nitrogens is 7. The molecule has 39 heavy (non-hydrogen) atoms. The summed E-state index contributed by atoms with van der Waals surface area (Å²) in [5.41, 5.74) is 6.11. The highest BCUT2D eigenvalue weighted by Gasteiger charge is 2.17. The minimum atomic E-state index is -0.357. The first-order chi connectivity index (χ1) is 19.2. The molecular weight excluding hydrogens is 495 g/mol. The van der Waals surface area contributed by atoms with Gasteiger partial charge in [-0.3, -0.25) is 10.00 Å². The van der Waals surface area contributed by atoms with E-state index < -0.39 is 0 Å². The normalized spacial score (nSPS) is 14.0. The van der Waals surface area contributed by atoms with Crippen molar-refractivity contribution in [3.05, 3.63) is 73.2 Å². The number of nitrogens with zero attached hydrogens (tertiary/aromatic N) is 6. The third-order valence-corrected chi connectivity index (χ3v) is 7.13. The smallest absolute Gasteiger partial charge is 0.178 e. The van der Waals surface area contributed by atoms with Crippen LogP contribution in [-0.2, 0) is 0 Å². The number of fused-ring (bicyclic) bond motifs is 2. The highest BCUT2D eigenvalue weighted by atomic mass is 19.1. The molecule has 4 aromatic heterocycles. The fourth-order valence-electron chi connectivity index (χ4n) is 5.19. The van der Waals surface area contributed by atoms with Crippen LogP contribution in [-0.4, -0.2) is 66.3 Å². The van der Waals surface area contributed by atoms with Crippen molar-refractivity contribution >= 4 is 22.1 Å². The highest BCUT2D eigenvalue weighted by Crippen LogP contribution is 2.33. The molecule has 1 saturated heterocycles. The average molecular weight is 521 g/mol. The summed E-state index contributed by atoms with van der Waals surface area (Å²) in [7, 11) is 0. The molecule has 194 valence electrons. The Morgan fingerprint density at radius 3 is 2.69 bits per heavy atom. The van der Waals surface area contributed by atoms with Crippen LogP contribution in [0.5, 0.6) is 5.75 Å². The fourth-order valence-corrected chi connectivity index (χ4v) is 5.19. The van der Waals surface area contributed by atoms with Crippen LogP contribution in [0.3, 0.4) is 0 Å². The van der Waals surface area contributed by atoms with Gasteiger partial charge in [0.1, 0.15) is 30.2 Å². The molecule has 5 heterocycles. The molecule has 0 amide bonds. The van der Waals surface area contributed by atoms with Crippen LogP contribution >= 0.6 is 0 Å². The maximum absolute atomic E-state index is 14.7. The van der Waals surface area contributed by atoms with Gasteiger partial charge in [-0.1, -0.05) is 6.07 Å². The summed E-state index contributed by atoms with van der Waals surface area (Å²) in [6, 6.07) is 12.6. The molecule has 1 aliphatic rings. The lowest BCUT2D eigenvalue weighted by Crippen LogP contribution is -2.25. The largest absolute Gasteiger partial charge is 0.492 e. The van der Waals surface area contributed by atoms with Gasteiger partial charge >= 0.3 is 0 Å². The Morgan fingerprint density at radius 2 is 1.82 bits per heavy atom. The quantitative estimate of drug-likeness (QED) is 0.296. The van der Waals surface area contributed by atoms with Gasteiger partial charge in [0.2, 0.25) is 0 Å².